The number of anilines is 1. The fraction of sp³-hybridized carbons (Fsp3) is 0.400. The second-order valence-corrected chi connectivity index (χ2v) is 6.98. The van der Waals surface area contributed by atoms with E-state index in [0.717, 1.165) is 22.3 Å². The van der Waals surface area contributed by atoms with Gasteiger partial charge in [0.25, 0.3) is 5.91 Å². The predicted octanol–water partition coefficient (Wildman–Crippen LogP) is 3.02. The molecule has 1 unspecified atom stereocenters. The molecule has 1 aromatic carbocycles. The molecule has 20 heavy (non-hydrogen) atoms. The summed E-state index contributed by atoms with van der Waals surface area (Å²) in [5.74, 6) is 0.701. The van der Waals surface area contributed by atoms with E-state index in [1.54, 1.807) is 7.11 Å². The van der Waals surface area contributed by atoms with E-state index in [1.165, 1.54) is 11.3 Å². The first-order valence-corrected chi connectivity index (χ1v) is 7.41. The van der Waals surface area contributed by atoms with Gasteiger partial charge >= 0.3 is 0 Å². The molecule has 0 aliphatic heterocycles. The Bertz CT molecular complexity index is 690. The Labute approximate surface area is 121 Å². The molecular weight excluding hydrogens is 272 g/mol. The summed E-state index contributed by atoms with van der Waals surface area (Å²) < 4.78 is 6.17. The Hall–Kier alpha value is -1.75. The highest BCUT2D eigenvalue weighted by Gasteiger charge is 2.46. The number of rotatable bonds is 3. The van der Waals surface area contributed by atoms with Crippen LogP contribution in [0.1, 0.15) is 29.9 Å². The number of amides is 1. The predicted molar refractivity (Wildman–Crippen MR) is 82.4 cm³/mol. The van der Waals surface area contributed by atoms with Gasteiger partial charge in [-0.1, -0.05) is 13.8 Å². The molecule has 0 saturated heterocycles. The van der Waals surface area contributed by atoms with Crippen LogP contribution in [0.2, 0.25) is 0 Å². The van der Waals surface area contributed by atoms with Gasteiger partial charge in [-0.25, -0.2) is 0 Å². The largest absolute Gasteiger partial charge is 0.497 e. The van der Waals surface area contributed by atoms with Gasteiger partial charge in [-0.2, -0.15) is 0 Å². The summed E-state index contributed by atoms with van der Waals surface area (Å²) in [6.45, 7) is 4.30. The Morgan fingerprint density at radius 3 is 2.80 bits per heavy atom. The number of hydrogen-bond acceptors (Lipinski definition) is 4. The van der Waals surface area contributed by atoms with Crippen LogP contribution in [-0.4, -0.2) is 19.1 Å². The van der Waals surface area contributed by atoms with Crippen molar-refractivity contribution >= 4 is 33.0 Å². The first-order valence-electron chi connectivity index (χ1n) is 6.59. The van der Waals surface area contributed by atoms with Crippen molar-refractivity contribution in [1.29, 1.82) is 0 Å². The number of nitrogen functional groups attached to an aromatic ring is 1. The maximum Gasteiger partial charge on any atom is 0.263 e. The lowest BCUT2D eigenvalue weighted by Crippen LogP contribution is -2.28. The third kappa shape index (κ3) is 2.12. The van der Waals surface area contributed by atoms with Gasteiger partial charge in [-0.15, -0.1) is 11.3 Å². The molecule has 3 N–H and O–H groups in total. The minimum absolute atomic E-state index is 0.0711. The van der Waals surface area contributed by atoms with E-state index in [0.29, 0.717) is 10.6 Å². The number of carbonyl (C=O) groups is 1. The van der Waals surface area contributed by atoms with Crippen molar-refractivity contribution in [2.75, 3.05) is 12.8 Å². The zero-order valence-electron chi connectivity index (χ0n) is 11.8. The van der Waals surface area contributed by atoms with E-state index in [4.69, 9.17) is 10.5 Å². The molecule has 0 bridgehead atoms. The van der Waals surface area contributed by atoms with Crippen LogP contribution in [-0.2, 0) is 0 Å². The number of benzene rings is 1. The van der Waals surface area contributed by atoms with Crippen molar-refractivity contribution in [2.45, 2.75) is 26.3 Å². The van der Waals surface area contributed by atoms with Crippen LogP contribution in [0.3, 0.4) is 0 Å². The fourth-order valence-corrected chi connectivity index (χ4v) is 3.38. The summed E-state index contributed by atoms with van der Waals surface area (Å²) in [7, 11) is 1.63. The molecule has 1 atom stereocenters. The standard InChI is InChI=1S/C15H18N2O2S/c1-15(2)7-11(15)17-14(18)13-12(16)9-5-4-8(19-3)6-10(9)20-13/h4-6,11H,7,16H2,1-3H3,(H,17,18). The van der Waals surface area contributed by atoms with Gasteiger partial charge in [-0.05, 0) is 30.0 Å². The smallest absolute Gasteiger partial charge is 0.263 e. The fourth-order valence-electron chi connectivity index (χ4n) is 2.33. The molecule has 4 nitrogen and oxygen atoms in total. The summed E-state index contributed by atoms with van der Waals surface area (Å²) in [6, 6.07) is 5.93. The quantitative estimate of drug-likeness (QED) is 0.913. The number of fused-ring (bicyclic) bond motifs is 1. The molecule has 1 heterocycles. The van der Waals surface area contributed by atoms with E-state index in [1.807, 2.05) is 18.2 Å². The van der Waals surface area contributed by atoms with Crippen molar-refractivity contribution in [1.82, 2.24) is 5.32 Å². The summed E-state index contributed by atoms with van der Waals surface area (Å²) in [5, 5.41) is 3.96. The van der Waals surface area contributed by atoms with Crippen LogP contribution in [0, 0.1) is 5.41 Å². The van der Waals surface area contributed by atoms with Crippen LogP contribution in [0.15, 0.2) is 18.2 Å². The van der Waals surface area contributed by atoms with E-state index >= 15 is 0 Å². The van der Waals surface area contributed by atoms with Crippen molar-refractivity contribution < 1.29 is 9.53 Å². The highest BCUT2D eigenvalue weighted by atomic mass is 32.1. The summed E-state index contributed by atoms with van der Waals surface area (Å²) >= 11 is 1.41. The summed E-state index contributed by atoms with van der Waals surface area (Å²) in [5.41, 5.74) is 6.88. The SMILES string of the molecule is COc1ccc2c(N)c(C(=O)NC3CC3(C)C)sc2c1. The van der Waals surface area contributed by atoms with E-state index in [-0.39, 0.29) is 17.4 Å². The Morgan fingerprint density at radius 2 is 2.20 bits per heavy atom. The van der Waals surface area contributed by atoms with Gasteiger partial charge in [0.15, 0.2) is 0 Å². The number of methoxy groups -OCH3 is 1. The van der Waals surface area contributed by atoms with Crippen molar-refractivity contribution in [3.8, 4) is 5.75 Å². The summed E-state index contributed by atoms with van der Waals surface area (Å²) in [6.07, 6.45) is 1.03. The van der Waals surface area contributed by atoms with Gasteiger partial charge in [0.2, 0.25) is 0 Å². The molecule has 2 aromatic rings. The van der Waals surface area contributed by atoms with Crippen molar-refractivity contribution in [3.63, 3.8) is 0 Å². The van der Waals surface area contributed by atoms with Crippen LogP contribution in [0.5, 0.6) is 5.75 Å². The second kappa shape index (κ2) is 4.38. The van der Waals surface area contributed by atoms with E-state index < -0.39 is 0 Å². The lowest BCUT2D eigenvalue weighted by molar-refractivity contribution is 0.0951. The Balaban J connectivity index is 1.91. The van der Waals surface area contributed by atoms with Gasteiger partial charge in [0, 0.05) is 16.1 Å². The van der Waals surface area contributed by atoms with Crippen molar-refractivity contribution in [3.05, 3.63) is 23.1 Å². The zero-order chi connectivity index (χ0) is 14.5. The molecule has 106 valence electrons. The second-order valence-electron chi connectivity index (χ2n) is 5.93. The molecule has 3 rings (SSSR count). The lowest BCUT2D eigenvalue weighted by atomic mass is 10.2. The van der Waals surface area contributed by atoms with Gasteiger partial charge in [0.05, 0.1) is 12.8 Å². The number of hydrogen-bond donors (Lipinski definition) is 2. The monoisotopic (exact) mass is 290 g/mol. The molecule has 0 radical (unpaired) electrons. The number of carbonyl (C=O) groups excluding carboxylic acids is 1. The molecule has 1 amide bonds. The highest BCUT2D eigenvalue weighted by Crippen LogP contribution is 2.45. The maximum absolute atomic E-state index is 12.3. The molecule has 1 aliphatic carbocycles. The topological polar surface area (TPSA) is 64.3 Å². The first kappa shape index (κ1) is 13.2. The highest BCUT2D eigenvalue weighted by molar-refractivity contribution is 7.21. The number of nitrogens with one attached hydrogen (secondary N) is 1. The van der Waals surface area contributed by atoms with Crippen LogP contribution < -0.4 is 15.8 Å². The van der Waals surface area contributed by atoms with Crippen molar-refractivity contribution in [2.24, 2.45) is 5.41 Å². The Kier molecular flexibility index (Phi) is 2.90. The molecule has 1 saturated carbocycles. The van der Waals surface area contributed by atoms with E-state index in [9.17, 15) is 4.79 Å². The molecule has 0 spiro atoms. The minimum atomic E-state index is -0.0711. The van der Waals surface area contributed by atoms with Crippen LogP contribution in [0.4, 0.5) is 5.69 Å². The number of thiophene rings is 1. The Morgan fingerprint density at radius 1 is 1.50 bits per heavy atom. The van der Waals surface area contributed by atoms with E-state index in [2.05, 4.69) is 19.2 Å². The third-order valence-corrected chi connectivity index (χ3v) is 5.13. The summed E-state index contributed by atoms with van der Waals surface area (Å²) in [4.78, 5) is 12.9. The number of ether oxygens (including phenoxy) is 1. The lowest BCUT2D eigenvalue weighted by Gasteiger charge is -2.05. The zero-order valence-corrected chi connectivity index (χ0v) is 12.6. The van der Waals surface area contributed by atoms with Crippen LogP contribution >= 0.6 is 11.3 Å². The first-order chi connectivity index (χ1) is 9.42. The molecule has 1 aromatic heterocycles. The van der Waals surface area contributed by atoms with Gasteiger partial charge in [-0.3, -0.25) is 4.79 Å². The van der Waals surface area contributed by atoms with Gasteiger partial charge in [0.1, 0.15) is 10.6 Å². The van der Waals surface area contributed by atoms with Gasteiger partial charge < -0.3 is 15.8 Å². The average molecular weight is 290 g/mol. The molecule has 5 heteroatoms. The number of nitrogens with two attached hydrogens (primary N) is 1. The molecule has 1 fully saturated rings. The van der Waals surface area contributed by atoms with Crippen LogP contribution in [0.25, 0.3) is 10.1 Å². The molecular formula is C15H18N2O2S. The molecule has 1 aliphatic rings. The maximum atomic E-state index is 12.3. The average Bonchev–Trinajstić information content (AvgIpc) is 2.86. The normalized spacial score (nSPS) is 19.9. The third-order valence-electron chi connectivity index (χ3n) is 3.96. The minimum Gasteiger partial charge on any atom is -0.497 e.